The Hall–Kier alpha value is -8.71. The van der Waals surface area contributed by atoms with Crippen molar-refractivity contribution < 1.29 is 101 Å². The van der Waals surface area contributed by atoms with Crippen LogP contribution in [0.4, 0.5) is 15.7 Å². The first-order chi connectivity index (χ1) is 51.8. The number of rotatable bonds is 30. The number of hydrogen-bond donors (Lipinski definition) is 8. The largest absolute Gasteiger partial charge is 0.479 e. The van der Waals surface area contributed by atoms with Gasteiger partial charge in [-0.25, -0.2) is 24.4 Å². The number of aliphatic hydroxyl groups is 3. The van der Waals surface area contributed by atoms with Gasteiger partial charge in [-0.05, 0) is 153 Å². The van der Waals surface area contributed by atoms with E-state index < -0.39 is 124 Å². The zero-order valence-electron chi connectivity index (χ0n) is 61.0. The number of anilines is 2. The molecule has 109 heavy (non-hydrogen) atoms. The number of pyridine rings is 1. The number of aliphatic carboxylic acids is 1. The normalized spacial score (nSPS) is 27.2. The third kappa shape index (κ3) is 17.0. The molecule has 6 aromatic rings. The number of unbranched alkanes of at least 4 members (excludes halogenated alkanes) is 1. The van der Waals surface area contributed by atoms with E-state index in [1.807, 2.05) is 59.0 Å². The number of aromatic nitrogens is 4. The molecule has 4 bridgehead atoms. The van der Waals surface area contributed by atoms with Gasteiger partial charge in [-0.3, -0.25) is 43.4 Å². The average molecular weight is 1560 g/mol. The maximum atomic E-state index is 13.9. The van der Waals surface area contributed by atoms with Crippen LogP contribution in [0.15, 0.2) is 79.0 Å². The number of aliphatic hydroxyl groups excluding tert-OH is 3. The van der Waals surface area contributed by atoms with Crippen molar-refractivity contribution in [1.82, 2.24) is 39.8 Å². The first kappa shape index (κ1) is 78.4. The lowest BCUT2D eigenvalue weighted by molar-refractivity contribution is -0.271. The molecular formula is C75H90N10O21S3. The van der Waals surface area contributed by atoms with Crippen LogP contribution in [0.25, 0.3) is 21.3 Å². The molecule has 7 fully saturated rings. The maximum Gasteiger partial charge on any atom is 0.409 e. The van der Waals surface area contributed by atoms with E-state index in [2.05, 4.69) is 29.5 Å². The SMILES string of the molecule is CSC1CC(=O)N([C@H]2C[C@@H](COCCS(=O)(=O)O)N(CC(=O)NCCCCc3ccc(COC(=O)N(C)CCOC45CC6(C)CC(C)(CC(Cn7ncc(-c8ccc(N9CCc%10cccc(C(=O)Nc%11nc%12ccccc%12s%11)c%10C9)nc8C(=O)O)c7C)(C6)C4)C5)c(OC4O[C@H](C(=O)O)[C@@H](O)[C@H](O)[C@H]4O)c3)C2=O)C1=O. The quantitative estimate of drug-likeness (QED) is 0.0149. The molecular weight excluding hydrogens is 1470 g/mol. The van der Waals surface area contributed by atoms with E-state index in [4.69, 9.17) is 33.8 Å². The number of aryl methyl sites for hydroxylation is 1. The number of imide groups is 1. The van der Waals surface area contributed by atoms with E-state index in [0.717, 1.165) is 70.5 Å². The lowest BCUT2D eigenvalue weighted by Gasteiger charge is -2.69. The van der Waals surface area contributed by atoms with Gasteiger partial charge < -0.3 is 69.2 Å². The first-order valence-corrected chi connectivity index (χ1v) is 40.1. The van der Waals surface area contributed by atoms with Crippen LogP contribution in [0.1, 0.15) is 127 Å². The van der Waals surface area contributed by atoms with E-state index >= 15 is 0 Å². The number of aromatic carboxylic acids is 1. The Morgan fingerprint density at radius 2 is 1.64 bits per heavy atom. The Labute approximate surface area is 636 Å². The number of benzene rings is 3. The Morgan fingerprint density at radius 1 is 0.872 bits per heavy atom. The van der Waals surface area contributed by atoms with Crippen molar-refractivity contribution >= 4 is 102 Å². The van der Waals surface area contributed by atoms with E-state index in [-0.39, 0.29) is 84.9 Å². The number of carbonyl (C=O) groups is 8. The van der Waals surface area contributed by atoms with Crippen LogP contribution in [0.5, 0.6) is 5.75 Å². The summed E-state index contributed by atoms with van der Waals surface area (Å²) in [5.74, 6) is -5.63. The summed E-state index contributed by atoms with van der Waals surface area (Å²) in [6.45, 7) is 6.99. The molecule has 4 saturated carbocycles. The summed E-state index contributed by atoms with van der Waals surface area (Å²) in [7, 11) is -2.79. The molecule has 8 N–H and O–H groups in total. The van der Waals surface area contributed by atoms with Crippen molar-refractivity contribution in [2.24, 2.45) is 16.2 Å². The highest BCUT2D eigenvalue weighted by molar-refractivity contribution is 8.00. The fourth-order valence-corrected chi connectivity index (χ4v) is 20.1. The molecule has 4 aliphatic carbocycles. The van der Waals surface area contributed by atoms with Crippen molar-refractivity contribution in [3.05, 3.63) is 118 Å². The number of hydrogen-bond acceptors (Lipinski definition) is 24. The van der Waals surface area contributed by atoms with Gasteiger partial charge in [-0.2, -0.15) is 25.3 Å². The highest BCUT2D eigenvalue weighted by Gasteiger charge is 2.66. The zero-order chi connectivity index (χ0) is 77.6. The van der Waals surface area contributed by atoms with E-state index in [1.165, 1.54) is 32.9 Å². The molecule has 34 heteroatoms. The smallest absolute Gasteiger partial charge is 0.409 e. The second-order valence-corrected chi connectivity index (χ2v) is 34.4. The van der Waals surface area contributed by atoms with Crippen molar-refractivity contribution in [3.63, 3.8) is 0 Å². The average Bonchev–Trinajstić information content (AvgIpc) is 1.68. The lowest BCUT2D eigenvalue weighted by Crippen LogP contribution is -2.64. The Balaban J connectivity index is 0.625. The summed E-state index contributed by atoms with van der Waals surface area (Å²) >= 11 is 2.58. The number of fused-ring (bicyclic) bond motifs is 2. The number of carbonyl (C=O) groups excluding carboxylic acids is 6. The molecule has 8 aliphatic rings. The van der Waals surface area contributed by atoms with Crippen molar-refractivity contribution in [1.29, 1.82) is 0 Å². The van der Waals surface area contributed by atoms with Gasteiger partial charge >= 0.3 is 18.0 Å². The number of thiazole rings is 1. The van der Waals surface area contributed by atoms with Crippen molar-refractivity contribution in [2.75, 3.05) is 75.3 Å². The molecule has 3 aromatic carbocycles. The number of nitrogens with one attached hydrogen (secondary N) is 2. The van der Waals surface area contributed by atoms with Crippen LogP contribution in [-0.2, 0) is 85.6 Å². The van der Waals surface area contributed by atoms with Crippen LogP contribution in [0.3, 0.4) is 0 Å². The number of para-hydroxylation sites is 1. The summed E-state index contributed by atoms with van der Waals surface area (Å²) in [5, 5.41) is 63.2. The Morgan fingerprint density at radius 3 is 2.37 bits per heavy atom. The molecule has 3 aromatic heterocycles. The highest BCUT2D eigenvalue weighted by atomic mass is 32.2. The van der Waals surface area contributed by atoms with Gasteiger partial charge in [0.2, 0.25) is 29.9 Å². The van der Waals surface area contributed by atoms with Crippen LogP contribution in [-0.4, -0.2) is 239 Å². The minimum absolute atomic E-state index is 0.00913. The van der Waals surface area contributed by atoms with Crippen LogP contribution >= 0.6 is 23.1 Å². The molecule has 4 aliphatic heterocycles. The maximum absolute atomic E-state index is 13.9. The van der Waals surface area contributed by atoms with E-state index in [1.54, 1.807) is 49.8 Å². The molecule has 6 amide bonds. The van der Waals surface area contributed by atoms with Crippen molar-refractivity contribution in [2.45, 2.75) is 171 Å². The van der Waals surface area contributed by atoms with Gasteiger partial charge in [-0.1, -0.05) is 61.6 Å². The standard InChI is InChI=1S/C75H90N10O21S3/c1-42-49(47-18-19-56(79-59(47)67(94)95)82-22-20-44-12-10-13-48(50(44)31-82)64(91)80-70-78-51-14-6-7-15-54(51)108-70)30-77-84(42)41-74-36-72(2)35-73(3,37-74)39-75(38-72,40-74)104-24-23-81(4)71(98)103-33-45-17-16-43(27-53(45)105-69-62(90)60(88)61(89)63(106-69)68(96)97)11-8-9-21-76-57(86)32-83-46(34-102-25-26-109(99,100)101)28-52(65(83)92)85-58(87)29-55(107-5)66(85)93/h6-7,10,12-19,27,30,46,52,55,60-63,69,88-90H,8-9,11,20-26,28-29,31-41H2,1-5H3,(H,76,86)(H,94,95)(H,96,97)(H,78,80,91)(H,99,100,101)/t46-,52-,55?,60-,61-,62+,63-,69?,72?,73?,74?,75?/m0/s1. The number of carboxylic acid groups (broad SMARTS) is 2. The Bertz CT molecular complexity index is 4600. The number of nitrogens with zero attached hydrogens (tertiary/aromatic N) is 8. The fraction of sp³-hybridized carbons (Fsp3) is 0.533. The molecule has 0 radical (unpaired) electrons. The lowest BCUT2D eigenvalue weighted by atomic mass is 9.39. The first-order valence-electron chi connectivity index (χ1n) is 36.3. The number of likely N-dealkylation sites (tertiary alicyclic amines) is 2. The predicted octanol–water partition coefficient (Wildman–Crippen LogP) is 5.86. The molecule has 3 saturated heterocycles. The molecule has 584 valence electrons. The van der Waals surface area contributed by atoms with Gasteiger partial charge in [0, 0.05) is 74.1 Å². The Kier molecular flexibility index (Phi) is 22.7. The number of likely N-dealkylation sites (N-methyl/N-ethyl adjacent to an activating group) is 1. The third-order valence-corrected chi connectivity index (χ3v) is 24.8. The van der Waals surface area contributed by atoms with Gasteiger partial charge in [0.15, 0.2) is 16.9 Å². The summed E-state index contributed by atoms with van der Waals surface area (Å²) in [6.07, 6.45) is -0.109. The van der Waals surface area contributed by atoms with Gasteiger partial charge in [0.1, 0.15) is 42.5 Å². The van der Waals surface area contributed by atoms with Crippen LogP contribution < -0.4 is 20.3 Å². The monoisotopic (exact) mass is 1560 g/mol. The topological polar surface area (TPSA) is 419 Å². The molecule has 4 unspecified atom stereocenters. The van der Waals surface area contributed by atoms with Gasteiger partial charge in [0.05, 0.1) is 65.4 Å². The molecule has 0 spiro atoms. The highest BCUT2D eigenvalue weighted by Crippen LogP contribution is 2.72. The summed E-state index contributed by atoms with van der Waals surface area (Å²) in [4.78, 5) is 121. The molecule has 14 rings (SSSR count). The summed E-state index contributed by atoms with van der Waals surface area (Å²) in [6, 6.07) is 19.8. The predicted molar refractivity (Wildman–Crippen MR) is 396 cm³/mol. The van der Waals surface area contributed by atoms with Gasteiger partial charge in [-0.15, -0.1) is 0 Å². The summed E-state index contributed by atoms with van der Waals surface area (Å²) in [5.41, 5.74) is 4.92. The third-order valence-electron chi connectivity index (χ3n) is 22.2. The number of amides is 6. The number of thioether (sulfide) groups is 1. The van der Waals surface area contributed by atoms with Gasteiger partial charge in [0.25, 0.3) is 16.0 Å². The second kappa shape index (κ2) is 31.6. The number of ether oxygens (including phenoxy) is 5. The van der Waals surface area contributed by atoms with E-state index in [9.17, 15) is 76.9 Å². The van der Waals surface area contributed by atoms with Crippen LogP contribution in [0, 0.1) is 23.2 Å². The van der Waals surface area contributed by atoms with Crippen molar-refractivity contribution in [3.8, 4) is 16.9 Å². The fourth-order valence-electron chi connectivity index (χ4n) is 18.3. The van der Waals surface area contributed by atoms with E-state index in [0.29, 0.717) is 78.5 Å². The molecule has 10 atom stereocenters. The summed E-state index contributed by atoms with van der Waals surface area (Å²) < 4.78 is 64.6. The molecule has 7 heterocycles. The van der Waals surface area contributed by atoms with Crippen LogP contribution in [0.2, 0.25) is 0 Å². The second-order valence-electron chi connectivity index (χ2n) is 30.8. The minimum Gasteiger partial charge on any atom is -0.479 e. The number of carboxylic acids is 2. The molecule has 31 nitrogen and oxygen atoms in total. The zero-order valence-corrected chi connectivity index (χ0v) is 63.4. The minimum atomic E-state index is -4.36.